The summed E-state index contributed by atoms with van der Waals surface area (Å²) in [5.74, 6) is -0.513. The summed E-state index contributed by atoms with van der Waals surface area (Å²) in [6, 6.07) is 15.7. The Morgan fingerprint density at radius 1 is 1.12 bits per heavy atom. The Morgan fingerprint density at radius 2 is 1.84 bits per heavy atom. The average molecular weight is 357 g/mol. The molecule has 0 saturated heterocycles. The van der Waals surface area contributed by atoms with Crippen LogP contribution in [0.3, 0.4) is 0 Å². The molecule has 0 aliphatic carbocycles. The number of thioether (sulfide) groups is 1. The van der Waals surface area contributed by atoms with E-state index in [-0.39, 0.29) is 11.7 Å². The van der Waals surface area contributed by atoms with Gasteiger partial charge in [-0.05, 0) is 38.0 Å². The molecule has 0 aromatic heterocycles. The molecule has 0 saturated carbocycles. The highest BCUT2D eigenvalue weighted by atomic mass is 32.2. The molecule has 0 aliphatic rings. The maximum absolute atomic E-state index is 12.0. The first-order valence-corrected chi connectivity index (χ1v) is 9.15. The normalized spacial score (nSPS) is 11.6. The highest BCUT2D eigenvalue weighted by Crippen LogP contribution is 2.23. The van der Waals surface area contributed by atoms with E-state index in [0.717, 1.165) is 16.0 Å². The fourth-order valence-electron chi connectivity index (χ4n) is 2.31. The van der Waals surface area contributed by atoms with Crippen molar-refractivity contribution >= 4 is 23.6 Å². The minimum Gasteiger partial charge on any atom is -0.452 e. The molecule has 0 radical (unpaired) electrons. The van der Waals surface area contributed by atoms with Crippen LogP contribution < -0.4 is 5.32 Å². The number of benzene rings is 2. The van der Waals surface area contributed by atoms with Gasteiger partial charge in [0.25, 0.3) is 5.91 Å². The lowest BCUT2D eigenvalue weighted by molar-refractivity contribution is -0.152. The zero-order valence-electron chi connectivity index (χ0n) is 14.7. The van der Waals surface area contributed by atoms with Crippen molar-refractivity contribution in [3.8, 4) is 0 Å². The van der Waals surface area contributed by atoms with Crippen LogP contribution in [0.2, 0.25) is 0 Å². The average Bonchev–Trinajstić information content (AvgIpc) is 2.59. The molecule has 4 nitrogen and oxygen atoms in total. The summed E-state index contributed by atoms with van der Waals surface area (Å²) in [6.45, 7) is 6.05. The number of rotatable bonds is 7. The van der Waals surface area contributed by atoms with Crippen LogP contribution in [-0.2, 0) is 20.9 Å². The Morgan fingerprint density at radius 3 is 2.52 bits per heavy atom. The Balaban J connectivity index is 1.76. The van der Waals surface area contributed by atoms with Crippen molar-refractivity contribution in [3.63, 3.8) is 0 Å². The minimum atomic E-state index is -0.809. The van der Waals surface area contributed by atoms with Crippen LogP contribution in [0.4, 0.5) is 0 Å². The second kappa shape index (κ2) is 9.28. The number of hydrogen-bond acceptors (Lipinski definition) is 4. The fraction of sp³-hybridized carbons (Fsp3) is 0.300. The number of aryl methyl sites for hydroxylation is 2. The molecule has 2 rings (SSSR count). The number of carbonyl (C=O) groups excluding carboxylic acids is 2. The van der Waals surface area contributed by atoms with Crippen molar-refractivity contribution in [2.45, 2.75) is 38.3 Å². The third kappa shape index (κ3) is 6.27. The molecule has 0 aliphatic heterocycles. The van der Waals surface area contributed by atoms with E-state index in [1.165, 1.54) is 17.3 Å². The van der Waals surface area contributed by atoms with Crippen LogP contribution in [-0.4, -0.2) is 23.7 Å². The van der Waals surface area contributed by atoms with Crippen LogP contribution in [0.25, 0.3) is 0 Å². The second-order valence-electron chi connectivity index (χ2n) is 5.89. The van der Waals surface area contributed by atoms with Crippen molar-refractivity contribution in [1.29, 1.82) is 0 Å². The maximum atomic E-state index is 12.0. The van der Waals surface area contributed by atoms with E-state index in [1.54, 1.807) is 6.92 Å². The van der Waals surface area contributed by atoms with Crippen molar-refractivity contribution in [2.24, 2.45) is 0 Å². The van der Waals surface area contributed by atoms with Gasteiger partial charge in [-0.2, -0.15) is 0 Å². The molecular weight excluding hydrogens is 334 g/mol. The largest absolute Gasteiger partial charge is 0.452 e. The molecule has 0 unspecified atom stereocenters. The third-order valence-electron chi connectivity index (χ3n) is 3.66. The van der Waals surface area contributed by atoms with E-state index in [9.17, 15) is 9.59 Å². The van der Waals surface area contributed by atoms with Gasteiger partial charge in [-0.1, -0.05) is 48.0 Å². The molecule has 0 fully saturated rings. The van der Waals surface area contributed by atoms with Gasteiger partial charge in [0, 0.05) is 11.4 Å². The van der Waals surface area contributed by atoms with Crippen LogP contribution in [0.5, 0.6) is 0 Å². The monoisotopic (exact) mass is 357 g/mol. The predicted molar refractivity (Wildman–Crippen MR) is 100 cm³/mol. The third-order valence-corrected chi connectivity index (χ3v) is 4.81. The van der Waals surface area contributed by atoms with Gasteiger partial charge in [0.15, 0.2) is 6.10 Å². The summed E-state index contributed by atoms with van der Waals surface area (Å²) < 4.78 is 5.21. The highest BCUT2D eigenvalue weighted by Gasteiger charge is 2.17. The van der Waals surface area contributed by atoms with E-state index in [4.69, 9.17) is 4.74 Å². The van der Waals surface area contributed by atoms with Crippen LogP contribution in [0, 0.1) is 13.8 Å². The fourth-order valence-corrected chi connectivity index (χ4v) is 3.10. The van der Waals surface area contributed by atoms with E-state index in [0.29, 0.717) is 6.54 Å². The Labute approximate surface area is 153 Å². The predicted octanol–water partition coefficient (Wildman–Crippen LogP) is 3.64. The van der Waals surface area contributed by atoms with E-state index in [1.807, 2.05) is 56.3 Å². The Kier molecular flexibility index (Phi) is 7.07. The number of hydrogen-bond donors (Lipinski definition) is 1. The lowest BCUT2D eigenvalue weighted by Gasteiger charge is -2.14. The lowest BCUT2D eigenvalue weighted by Crippen LogP contribution is -2.35. The van der Waals surface area contributed by atoms with Crippen LogP contribution >= 0.6 is 11.8 Å². The molecule has 132 valence electrons. The first-order valence-electron chi connectivity index (χ1n) is 8.17. The van der Waals surface area contributed by atoms with E-state index < -0.39 is 12.1 Å². The van der Waals surface area contributed by atoms with Crippen molar-refractivity contribution < 1.29 is 14.3 Å². The molecule has 1 atom stereocenters. The van der Waals surface area contributed by atoms with Crippen LogP contribution in [0.1, 0.15) is 23.6 Å². The molecular formula is C20H23NO3S. The molecule has 0 bridgehead atoms. The molecule has 0 spiro atoms. The van der Waals surface area contributed by atoms with Crippen molar-refractivity contribution in [3.05, 3.63) is 65.2 Å². The van der Waals surface area contributed by atoms with Gasteiger partial charge in [-0.15, -0.1) is 11.8 Å². The maximum Gasteiger partial charge on any atom is 0.317 e. The van der Waals surface area contributed by atoms with Gasteiger partial charge in [0.1, 0.15) is 0 Å². The SMILES string of the molecule is Cc1ccc(SCC(=O)O[C@H](C)C(=O)NCc2ccccc2)c(C)c1. The Bertz CT molecular complexity index is 731. The van der Waals surface area contributed by atoms with Gasteiger partial charge in [0.05, 0.1) is 5.75 Å². The number of esters is 1. The lowest BCUT2D eigenvalue weighted by atomic mass is 10.2. The number of carbonyl (C=O) groups is 2. The van der Waals surface area contributed by atoms with Crippen molar-refractivity contribution in [1.82, 2.24) is 5.32 Å². The first-order chi connectivity index (χ1) is 12.0. The first kappa shape index (κ1) is 19.1. The summed E-state index contributed by atoms with van der Waals surface area (Å²) in [5.41, 5.74) is 3.32. The minimum absolute atomic E-state index is 0.181. The number of nitrogens with one attached hydrogen (secondary N) is 1. The molecule has 1 N–H and O–H groups in total. The molecule has 2 aromatic carbocycles. The van der Waals surface area contributed by atoms with E-state index >= 15 is 0 Å². The second-order valence-corrected chi connectivity index (χ2v) is 6.91. The summed E-state index contributed by atoms with van der Waals surface area (Å²) in [4.78, 5) is 25.0. The zero-order valence-corrected chi connectivity index (χ0v) is 15.6. The summed E-state index contributed by atoms with van der Waals surface area (Å²) in [5, 5.41) is 2.77. The highest BCUT2D eigenvalue weighted by molar-refractivity contribution is 8.00. The molecule has 25 heavy (non-hydrogen) atoms. The molecule has 1 amide bonds. The van der Waals surface area contributed by atoms with Gasteiger partial charge >= 0.3 is 5.97 Å². The van der Waals surface area contributed by atoms with E-state index in [2.05, 4.69) is 11.4 Å². The van der Waals surface area contributed by atoms with Crippen LogP contribution in [0.15, 0.2) is 53.4 Å². The van der Waals surface area contributed by atoms with Gasteiger partial charge in [-0.3, -0.25) is 9.59 Å². The molecule has 0 heterocycles. The number of ether oxygens (including phenoxy) is 1. The van der Waals surface area contributed by atoms with Gasteiger partial charge < -0.3 is 10.1 Å². The number of amides is 1. The quantitative estimate of drug-likeness (QED) is 0.607. The molecule has 2 aromatic rings. The van der Waals surface area contributed by atoms with Gasteiger partial charge in [-0.25, -0.2) is 0 Å². The van der Waals surface area contributed by atoms with Gasteiger partial charge in [0.2, 0.25) is 0 Å². The smallest absolute Gasteiger partial charge is 0.317 e. The van der Waals surface area contributed by atoms with Crippen molar-refractivity contribution in [2.75, 3.05) is 5.75 Å². The topological polar surface area (TPSA) is 55.4 Å². The standard InChI is InChI=1S/C20H23NO3S/c1-14-9-10-18(15(2)11-14)25-13-19(22)24-16(3)20(23)21-12-17-7-5-4-6-8-17/h4-11,16H,12-13H2,1-3H3,(H,21,23)/t16-/m1/s1. The molecule has 5 heteroatoms. The summed E-state index contributed by atoms with van der Waals surface area (Å²) in [7, 11) is 0. The summed E-state index contributed by atoms with van der Waals surface area (Å²) >= 11 is 1.42. The summed E-state index contributed by atoms with van der Waals surface area (Å²) in [6.07, 6.45) is -0.809. The zero-order chi connectivity index (χ0) is 18.2. The Hall–Kier alpha value is -2.27.